The van der Waals surface area contributed by atoms with E-state index in [1.807, 2.05) is 30.0 Å². The highest BCUT2D eigenvalue weighted by atomic mass is 35.5. The highest BCUT2D eigenvalue weighted by Crippen LogP contribution is 2.35. The van der Waals surface area contributed by atoms with Gasteiger partial charge in [-0.3, -0.25) is 4.79 Å². The quantitative estimate of drug-likeness (QED) is 0.447. The van der Waals surface area contributed by atoms with Gasteiger partial charge in [0, 0.05) is 11.6 Å². The lowest BCUT2D eigenvalue weighted by Crippen LogP contribution is -2.49. The lowest BCUT2D eigenvalue weighted by atomic mass is 10.0. The number of hydrogen-bond donors (Lipinski definition) is 2. The zero-order valence-corrected chi connectivity index (χ0v) is 19.1. The van der Waals surface area contributed by atoms with Crippen LogP contribution in [0.1, 0.15) is 42.0 Å². The summed E-state index contributed by atoms with van der Waals surface area (Å²) < 4.78 is 20.0. The molecule has 10 heteroatoms. The molecule has 174 valence electrons. The molecule has 3 atom stereocenters. The van der Waals surface area contributed by atoms with Gasteiger partial charge in [-0.05, 0) is 37.3 Å². The predicted molar refractivity (Wildman–Crippen MR) is 126 cm³/mol. The Morgan fingerprint density at radius 3 is 2.85 bits per heavy atom. The van der Waals surface area contributed by atoms with Gasteiger partial charge in [0.25, 0.3) is 5.91 Å². The molecule has 5 heterocycles. The Balaban J connectivity index is 1.42. The van der Waals surface area contributed by atoms with Crippen LogP contribution in [0.3, 0.4) is 0 Å². The van der Waals surface area contributed by atoms with Gasteiger partial charge < -0.3 is 19.9 Å². The number of fused-ring (bicyclic) bond motifs is 4. The summed E-state index contributed by atoms with van der Waals surface area (Å²) >= 11 is 6.55. The molecule has 2 fully saturated rings. The number of pyridine rings is 1. The predicted octanol–water partition coefficient (Wildman–Crippen LogP) is 4.48. The summed E-state index contributed by atoms with van der Waals surface area (Å²) in [6, 6.07) is 7.16. The second kappa shape index (κ2) is 8.18. The fraction of sp³-hybridized carbons (Fsp3) is 0.333. The maximum absolute atomic E-state index is 14.3. The van der Waals surface area contributed by atoms with E-state index in [-0.39, 0.29) is 29.4 Å². The van der Waals surface area contributed by atoms with Crippen molar-refractivity contribution in [3.8, 4) is 0 Å². The smallest absolute Gasteiger partial charge is 0.273 e. The van der Waals surface area contributed by atoms with E-state index in [2.05, 4.69) is 20.3 Å². The molecule has 1 amide bonds. The zero-order chi connectivity index (χ0) is 23.4. The van der Waals surface area contributed by atoms with E-state index in [9.17, 15) is 9.18 Å². The number of halogens is 2. The van der Waals surface area contributed by atoms with Crippen LogP contribution in [-0.4, -0.2) is 56.0 Å². The summed E-state index contributed by atoms with van der Waals surface area (Å²) in [6.07, 6.45) is 4.46. The van der Waals surface area contributed by atoms with Crippen molar-refractivity contribution < 1.29 is 13.9 Å². The van der Waals surface area contributed by atoms with E-state index in [4.69, 9.17) is 21.3 Å². The molecule has 0 saturated carbocycles. The molecule has 1 aromatic carbocycles. The topological polar surface area (TPSA) is 96.0 Å². The minimum absolute atomic E-state index is 0.0515. The van der Waals surface area contributed by atoms with Crippen LogP contribution in [0.2, 0.25) is 5.02 Å². The van der Waals surface area contributed by atoms with Crippen LogP contribution in [0, 0.1) is 5.82 Å². The van der Waals surface area contributed by atoms with Crippen molar-refractivity contribution in [1.29, 1.82) is 0 Å². The summed E-state index contributed by atoms with van der Waals surface area (Å²) in [5, 5.41) is 5.44. The van der Waals surface area contributed by atoms with Gasteiger partial charge in [-0.2, -0.15) is 0 Å². The molecule has 0 aliphatic carbocycles. The van der Waals surface area contributed by atoms with Crippen molar-refractivity contribution in [3.63, 3.8) is 0 Å². The molecule has 2 bridgehead atoms. The van der Waals surface area contributed by atoms with Crippen molar-refractivity contribution in [1.82, 2.24) is 24.8 Å². The molecule has 3 aromatic heterocycles. The summed E-state index contributed by atoms with van der Waals surface area (Å²) in [6.45, 7) is 2.97. The largest absolute Gasteiger partial charge is 0.377 e. The van der Waals surface area contributed by atoms with E-state index in [1.54, 1.807) is 6.07 Å². The van der Waals surface area contributed by atoms with Gasteiger partial charge in [0.2, 0.25) is 0 Å². The molecule has 2 N–H and O–H groups in total. The van der Waals surface area contributed by atoms with Crippen LogP contribution in [0.5, 0.6) is 0 Å². The highest BCUT2D eigenvalue weighted by molar-refractivity contribution is 6.36. The number of H-pyrrole nitrogens is 1. The van der Waals surface area contributed by atoms with E-state index in [0.717, 1.165) is 18.2 Å². The number of amides is 1. The molecule has 2 saturated heterocycles. The molecule has 2 aliphatic rings. The number of aromatic amines is 1. The molecule has 3 unspecified atom stereocenters. The molecule has 34 heavy (non-hydrogen) atoms. The average molecular weight is 481 g/mol. The number of benzene rings is 1. The van der Waals surface area contributed by atoms with Crippen molar-refractivity contribution >= 4 is 45.1 Å². The maximum Gasteiger partial charge on any atom is 0.273 e. The molecular formula is C24H22ClFN6O2. The molecule has 0 radical (unpaired) electrons. The van der Waals surface area contributed by atoms with Crippen LogP contribution >= 0.6 is 11.6 Å². The summed E-state index contributed by atoms with van der Waals surface area (Å²) in [5.41, 5.74) is 1.35. The van der Waals surface area contributed by atoms with Crippen LogP contribution in [0.15, 0.2) is 36.8 Å². The van der Waals surface area contributed by atoms with Gasteiger partial charge >= 0.3 is 0 Å². The summed E-state index contributed by atoms with van der Waals surface area (Å²) in [5.74, 6) is -0.227. The number of nitrogens with zero attached hydrogens (tertiary/aromatic N) is 4. The first-order valence-electron chi connectivity index (χ1n) is 11.2. The maximum atomic E-state index is 14.3. The third-order valence-corrected chi connectivity index (χ3v) is 7.04. The summed E-state index contributed by atoms with van der Waals surface area (Å²) in [4.78, 5) is 31.6. The first-order valence-corrected chi connectivity index (χ1v) is 11.6. The van der Waals surface area contributed by atoms with E-state index < -0.39 is 5.82 Å². The zero-order valence-electron chi connectivity index (χ0n) is 18.4. The Morgan fingerprint density at radius 1 is 1.26 bits per heavy atom. The van der Waals surface area contributed by atoms with Gasteiger partial charge in [0.05, 0.1) is 47.4 Å². The monoisotopic (exact) mass is 480 g/mol. The van der Waals surface area contributed by atoms with Crippen molar-refractivity contribution in [3.05, 3.63) is 59.0 Å². The van der Waals surface area contributed by atoms with Crippen molar-refractivity contribution in [2.75, 3.05) is 18.5 Å². The van der Waals surface area contributed by atoms with E-state index >= 15 is 0 Å². The fourth-order valence-electron chi connectivity index (χ4n) is 5.06. The van der Waals surface area contributed by atoms with Gasteiger partial charge in [-0.25, -0.2) is 19.3 Å². The molecule has 8 nitrogen and oxygen atoms in total. The number of hydrogen-bond acceptors (Lipinski definition) is 6. The Hall–Kier alpha value is -3.30. The minimum atomic E-state index is -0.442. The number of morpholine rings is 1. The van der Waals surface area contributed by atoms with Crippen molar-refractivity contribution in [2.24, 2.45) is 0 Å². The molecule has 4 aromatic rings. The molecular weight excluding hydrogens is 459 g/mol. The van der Waals surface area contributed by atoms with Crippen LogP contribution in [0.25, 0.3) is 21.8 Å². The van der Waals surface area contributed by atoms with E-state index in [0.29, 0.717) is 46.5 Å². The first-order chi connectivity index (χ1) is 16.5. The lowest BCUT2D eigenvalue weighted by molar-refractivity contribution is -0.00736. The van der Waals surface area contributed by atoms with Gasteiger partial charge in [-0.15, -0.1) is 0 Å². The Labute approximate surface area is 199 Å². The number of anilines is 1. The van der Waals surface area contributed by atoms with Crippen molar-refractivity contribution in [2.45, 2.75) is 37.9 Å². The summed E-state index contributed by atoms with van der Waals surface area (Å²) in [7, 11) is 0. The molecule has 6 rings (SSSR count). The number of ether oxygens (including phenoxy) is 1. The number of aromatic nitrogens is 4. The Kier molecular flexibility index (Phi) is 5.11. The average Bonchev–Trinajstić information content (AvgIpc) is 3.34. The van der Waals surface area contributed by atoms with Gasteiger partial charge in [0.1, 0.15) is 23.5 Å². The van der Waals surface area contributed by atoms with Crippen LogP contribution in [-0.2, 0) is 4.74 Å². The standard InChI is InChI=1S/C24H22ClFN6O2/c1-12(30-23-20-17(26)8-27-22(20)28-11-29-23)18-7-13-3-2-4-16(25)19(13)21(31-18)24(33)32-14-5-6-15(32)10-34-9-14/h2-4,7-8,11-12,14-15H,5-6,9-10H2,1H3,(H2,27,28,29,30). The normalized spacial score (nSPS) is 20.7. The molecule has 2 aliphatic heterocycles. The minimum Gasteiger partial charge on any atom is -0.377 e. The second-order valence-electron chi connectivity index (χ2n) is 8.82. The second-order valence-corrected chi connectivity index (χ2v) is 9.22. The van der Waals surface area contributed by atoms with E-state index in [1.165, 1.54) is 12.5 Å². The van der Waals surface area contributed by atoms with Crippen LogP contribution < -0.4 is 5.32 Å². The first kappa shape index (κ1) is 21.2. The SMILES string of the molecule is CC(Nc1ncnc2[nH]cc(F)c12)c1cc2cccc(Cl)c2c(C(=O)N2C3CCC2COC3)n1. The number of nitrogens with one attached hydrogen (secondary N) is 2. The lowest BCUT2D eigenvalue weighted by Gasteiger charge is -2.34. The Morgan fingerprint density at radius 2 is 2.06 bits per heavy atom. The molecule has 0 spiro atoms. The van der Waals surface area contributed by atoms with Gasteiger partial charge in [0.15, 0.2) is 5.82 Å². The number of rotatable bonds is 4. The fourth-order valence-corrected chi connectivity index (χ4v) is 5.33. The third kappa shape index (κ3) is 3.38. The Bertz CT molecular complexity index is 1410. The third-order valence-electron chi connectivity index (χ3n) is 6.72. The van der Waals surface area contributed by atoms with Crippen LogP contribution in [0.4, 0.5) is 10.2 Å². The highest BCUT2D eigenvalue weighted by Gasteiger charge is 2.41. The number of carbonyl (C=O) groups excluding carboxylic acids is 1. The van der Waals surface area contributed by atoms with Gasteiger partial charge in [-0.1, -0.05) is 23.7 Å². The number of carbonyl (C=O) groups is 1.